The van der Waals surface area contributed by atoms with Gasteiger partial charge in [-0.1, -0.05) is 27.7 Å². The van der Waals surface area contributed by atoms with Crippen LogP contribution in [0.25, 0.3) is 0 Å². The third kappa shape index (κ3) is 2.67. The van der Waals surface area contributed by atoms with Crippen molar-refractivity contribution in [3.8, 4) is 0 Å². The van der Waals surface area contributed by atoms with Gasteiger partial charge in [-0.15, -0.1) is 0 Å². The standard InChI is InChI=1S/C14H28O3Si/c1-10-7-11-8-15-16-9-12(10)13(11)17-18(5,6)14(2,3)4/h10-13H,7-9H2,1-6H3. The zero-order valence-corrected chi connectivity index (χ0v) is 13.7. The lowest BCUT2D eigenvalue weighted by molar-refractivity contribution is -0.302. The Balaban J connectivity index is 2.13. The molecule has 0 aromatic rings. The van der Waals surface area contributed by atoms with Crippen LogP contribution in [0, 0.1) is 17.8 Å². The summed E-state index contributed by atoms with van der Waals surface area (Å²) in [6.45, 7) is 15.3. The Kier molecular flexibility index (Phi) is 3.94. The van der Waals surface area contributed by atoms with E-state index in [1.165, 1.54) is 6.42 Å². The summed E-state index contributed by atoms with van der Waals surface area (Å²) in [4.78, 5) is 10.5. The smallest absolute Gasteiger partial charge is 0.192 e. The van der Waals surface area contributed by atoms with Gasteiger partial charge in [0.2, 0.25) is 0 Å². The molecule has 2 aliphatic rings. The number of hydrogen-bond donors (Lipinski definition) is 0. The van der Waals surface area contributed by atoms with E-state index in [1.54, 1.807) is 0 Å². The zero-order valence-electron chi connectivity index (χ0n) is 12.7. The number of rotatable bonds is 2. The van der Waals surface area contributed by atoms with E-state index in [4.69, 9.17) is 14.2 Å². The summed E-state index contributed by atoms with van der Waals surface area (Å²) in [6.07, 6.45) is 1.55. The predicted octanol–water partition coefficient (Wildman–Crippen LogP) is 3.61. The van der Waals surface area contributed by atoms with Crippen molar-refractivity contribution in [3.05, 3.63) is 0 Å². The predicted molar refractivity (Wildman–Crippen MR) is 74.7 cm³/mol. The molecule has 0 spiro atoms. The Morgan fingerprint density at radius 1 is 1.11 bits per heavy atom. The van der Waals surface area contributed by atoms with Crippen LogP contribution in [0.5, 0.6) is 0 Å². The van der Waals surface area contributed by atoms with Crippen molar-refractivity contribution in [1.29, 1.82) is 0 Å². The lowest BCUT2D eigenvalue weighted by atomic mass is 9.98. The highest BCUT2D eigenvalue weighted by Crippen LogP contribution is 2.45. The van der Waals surface area contributed by atoms with E-state index >= 15 is 0 Å². The SMILES string of the molecule is CC1CC2COOCC1C2O[Si](C)(C)C(C)(C)C. The molecular formula is C14H28O3Si. The van der Waals surface area contributed by atoms with E-state index in [2.05, 4.69) is 40.8 Å². The molecule has 3 nitrogen and oxygen atoms in total. The topological polar surface area (TPSA) is 27.7 Å². The van der Waals surface area contributed by atoms with Crippen molar-refractivity contribution in [2.45, 2.75) is 58.4 Å². The molecule has 0 aromatic heterocycles. The summed E-state index contributed by atoms with van der Waals surface area (Å²) in [7, 11) is -1.70. The van der Waals surface area contributed by atoms with Gasteiger partial charge in [0.1, 0.15) is 0 Å². The molecule has 0 amide bonds. The third-order valence-corrected chi connectivity index (χ3v) is 9.63. The molecule has 2 fully saturated rings. The first-order valence-electron chi connectivity index (χ1n) is 7.14. The van der Waals surface area contributed by atoms with Crippen molar-refractivity contribution in [1.82, 2.24) is 0 Å². The molecule has 1 aliphatic carbocycles. The molecule has 1 saturated heterocycles. The van der Waals surface area contributed by atoms with Crippen LogP contribution in [0.1, 0.15) is 34.1 Å². The van der Waals surface area contributed by atoms with Crippen LogP contribution in [-0.2, 0) is 14.2 Å². The molecule has 0 N–H and O–H groups in total. The number of hydrogen-bond acceptors (Lipinski definition) is 3. The Morgan fingerprint density at radius 3 is 2.33 bits per heavy atom. The quantitative estimate of drug-likeness (QED) is 0.568. The van der Waals surface area contributed by atoms with Gasteiger partial charge < -0.3 is 4.43 Å². The van der Waals surface area contributed by atoms with Crippen LogP contribution in [0.3, 0.4) is 0 Å². The highest BCUT2D eigenvalue weighted by atomic mass is 28.4. The first kappa shape index (κ1) is 14.5. The minimum Gasteiger partial charge on any atom is -0.413 e. The highest BCUT2D eigenvalue weighted by Gasteiger charge is 2.49. The third-order valence-electron chi connectivity index (χ3n) is 5.15. The molecule has 4 atom stereocenters. The maximum atomic E-state index is 6.66. The lowest BCUT2D eigenvalue weighted by Crippen LogP contribution is -2.47. The molecule has 106 valence electrons. The molecule has 1 aliphatic heterocycles. The van der Waals surface area contributed by atoms with Crippen LogP contribution < -0.4 is 0 Å². The molecule has 2 rings (SSSR count). The average molecular weight is 272 g/mol. The van der Waals surface area contributed by atoms with Gasteiger partial charge >= 0.3 is 0 Å². The molecule has 1 saturated carbocycles. The summed E-state index contributed by atoms with van der Waals surface area (Å²) in [5, 5.41) is 0.268. The van der Waals surface area contributed by atoms with Crippen molar-refractivity contribution >= 4 is 8.32 Å². The largest absolute Gasteiger partial charge is 0.413 e. The van der Waals surface area contributed by atoms with Gasteiger partial charge in [0.15, 0.2) is 8.32 Å². The van der Waals surface area contributed by atoms with Gasteiger partial charge in [0, 0.05) is 11.8 Å². The van der Waals surface area contributed by atoms with Gasteiger partial charge in [0.05, 0.1) is 19.3 Å². The Bertz CT molecular complexity index is 298. The summed E-state index contributed by atoms with van der Waals surface area (Å²) in [6, 6.07) is 0. The van der Waals surface area contributed by atoms with Crippen molar-refractivity contribution in [2.75, 3.05) is 13.2 Å². The second-order valence-corrected chi connectivity index (χ2v) is 12.3. The first-order chi connectivity index (χ1) is 8.22. The Morgan fingerprint density at radius 2 is 1.72 bits per heavy atom. The normalized spacial score (nSPS) is 37.7. The van der Waals surface area contributed by atoms with Crippen LogP contribution in [-0.4, -0.2) is 27.6 Å². The molecule has 0 radical (unpaired) electrons. The Labute approximate surface area is 112 Å². The summed E-state index contributed by atoms with van der Waals surface area (Å²) in [5.41, 5.74) is 0. The molecule has 2 bridgehead atoms. The van der Waals surface area contributed by atoms with Gasteiger partial charge in [-0.3, -0.25) is 0 Å². The summed E-state index contributed by atoms with van der Waals surface area (Å²) < 4.78 is 6.66. The lowest BCUT2D eigenvalue weighted by Gasteiger charge is -2.40. The zero-order chi connectivity index (χ0) is 13.6. The molecule has 0 aromatic carbocycles. The summed E-state index contributed by atoms with van der Waals surface area (Å²) in [5.74, 6) is 1.71. The highest BCUT2D eigenvalue weighted by molar-refractivity contribution is 6.74. The van der Waals surface area contributed by atoms with E-state index in [0.29, 0.717) is 37.1 Å². The van der Waals surface area contributed by atoms with E-state index in [-0.39, 0.29) is 5.04 Å². The van der Waals surface area contributed by atoms with Crippen LogP contribution in [0.2, 0.25) is 18.1 Å². The van der Waals surface area contributed by atoms with Crippen molar-refractivity contribution in [2.24, 2.45) is 17.8 Å². The minimum atomic E-state index is -1.70. The summed E-state index contributed by atoms with van der Waals surface area (Å²) >= 11 is 0. The van der Waals surface area contributed by atoms with Crippen molar-refractivity contribution < 1.29 is 14.2 Å². The maximum absolute atomic E-state index is 6.66. The second-order valence-electron chi connectivity index (χ2n) is 7.55. The maximum Gasteiger partial charge on any atom is 0.192 e. The van der Waals surface area contributed by atoms with Gasteiger partial charge in [-0.2, -0.15) is 0 Å². The van der Waals surface area contributed by atoms with Gasteiger partial charge in [-0.05, 0) is 30.5 Å². The van der Waals surface area contributed by atoms with Crippen LogP contribution >= 0.6 is 0 Å². The Hall–Kier alpha value is 0.0969. The fourth-order valence-electron chi connectivity index (χ4n) is 2.84. The molecule has 18 heavy (non-hydrogen) atoms. The average Bonchev–Trinajstić information content (AvgIpc) is 2.39. The fraction of sp³-hybridized carbons (Fsp3) is 1.00. The van der Waals surface area contributed by atoms with E-state index in [0.717, 1.165) is 0 Å². The molecular weight excluding hydrogens is 244 g/mol. The first-order valence-corrected chi connectivity index (χ1v) is 10.1. The molecule has 4 heteroatoms. The van der Waals surface area contributed by atoms with Gasteiger partial charge in [-0.25, -0.2) is 9.78 Å². The monoisotopic (exact) mass is 272 g/mol. The number of fused-ring (bicyclic) bond motifs is 2. The molecule has 4 unspecified atom stereocenters. The van der Waals surface area contributed by atoms with Crippen LogP contribution in [0.4, 0.5) is 0 Å². The second kappa shape index (κ2) is 4.89. The van der Waals surface area contributed by atoms with Crippen LogP contribution in [0.15, 0.2) is 0 Å². The van der Waals surface area contributed by atoms with E-state index < -0.39 is 8.32 Å². The molecule has 1 heterocycles. The van der Waals surface area contributed by atoms with E-state index in [9.17, 15) is 0 Å². The minimum absolute atomic E-state index is 0.268. The van der Waals surface area contributed by atoms with Crippen molar-refractivity contribution in [3.63, 3.8) is 0 Å². The fourth-order valence-corrected chi connectivity index (χ4v) is 4.25. The van der Waals surface area contributed by atoms with Gasteiger partial charge in [0.25, 0.3) is 0 Å². The van der Waals surface area contributed by atoms with E-state index in [1.807, 2.05) is 0 Å².